The number of amides is 1. The van der Waals surface area contributed by atoms with E-state index in [1.165, 1.54) is 11.1 Å². The van der Waals surface area contributed by atoms with E-state index in [1.807, 2.05) is 17.9 Å². The molecule has 3 heterocycles. The zero-order chi connectivity index (χ0) is 19.1. The van der Waals surface area contributed by atoms with Crippen LogP contribution in [-0.4, -0.2) is 63.5 Å². The maximum Gasteiger partial charge on any atom is 0.257 e. The third kappa shape index (κ3) is 3.10. The van der Waals surface area contributed by atoms with Crippen molar-refractivity contribution in [1.29, 1.82) is 0 Å². The van der Waals surface area contributed by atoms with Gasteiger partial charge in [-0.05, 0) is 33.5 Å². The zero-order valence-electron chi connectivity index (χ0n) is 16.3. The summed E-state index contributed by atoms with van der Waals surface area (Å²) in [5.74, 6) is 0.324. The molecule has 6 nitrogen and oxygen atoms in total. The van der Waals surface area contributed by atoms with E-state index in [4.69, 9.17) is 0 Å². The van der Waals surface area contributed by atoms with E-state index in [-0.39, 0.29) is 5.91 Å². The molecule has 1 amide bonds. The van der Waals surface area contributed by atoms with Gasteiger partial charge in [0, 0.05) is 37.3 Å². The van der Waals surface area contributed by atoms with E-state index >= 15 is 0 Å². The first-order valence-electron chi connectivity index (χ1n) is 9.27. The van der Waals surface area contributed by atoms with Crippen molar-refractivity contribution >= 4 is 11.6 Å². The summed E-state index contributed by atoms with van der Waals surface area (Å²) >= 11 is 0. The Hall–Kier alpha value is -2.73. The molecule has 1 aliphatic rings. The molecule has 1 aromatic carbocycles. The van der Waals surface area contributed by atoms with E-state index in [0.717, 1.165) is 11.3 Å². The second kappa shape index (κ2) is 6.78. The molecule has 6 heteroatoms. The smallest absolute Gasteiger partial charge is 0.257 e. The summed E-state index contributed by atoms with van der Waals surface area (Å²) in [6, 6.07) is 10.8. The van der Waals surface area contributed by atoms with Gasteiger partial charge in [0.15, 0.2) is 5.65 Å². The fourth-order valence-electron chi connectivity index (χ4n) is 3.99. The first-order chi connectivity index (χ1) is 13.0. The summed E-state index contributed by atoms with van der Waals surface area (Å²) in [6.07, 6.45) is 3.38. The number of hydrogen-bond donors (Lipinski definition) is 0. The molecular formula is C21H25N5O. The molecule has 4 rings (SSSR count). The summed E-state index contributed by atoms with van der Waals surface area (Å²) in [7, 11) is 4.17. The van der Waals surface area contributed by atoms with Crippen LogP contribution in [0, 0.1) is 13.8 Å². The monoisotopic (exact) mass is 363 g/mol. The molecule has 0 N–H and O–H groups in total. The van der Waals surface area contributed by atoms with Gasteiger partial charge in [0.25, 0.3) is 5.91 Å². The normalized spacial score (nSPS) is 20.0. The van der Waals surface area contributed by atoms with Gasteiger partial charge in [0.2, 0.25) is 0 Å². The van der Waals surface area contributed by atoms with Gasteiger partial charge < -0.3 is 9.80 Å². The van der Waals surface area contributed by atoms with Crippen molar-refractivity contribution in [3.8, 4) is 0 Å². The van der Waals surface area contributed by atoms with Crippen LogP contribution in [0.1, 0.15) is 33.1 Å². The Morgan fingerprint density at radius 3 is 2.56 bits per heavy atom. The van der Waals surface area contributed by atoms with Gasteiger partial charge in [-0.25, -0.2) is 9.50 Å². The number of aromatic nitrogens is 3. The second-order valence-corrected chi connectivity index (χ2v) is 7.62. The molecule has 0 bridgehead atoms. The molecule has 3 aromatic rings. The average Bonchev–Trinajstić information content (AvgIpc) is 3.30. The van der Waals surface area contributed by atoms with Crippen molar-refractivity contribution in [1.82, 2.24) is 24.4 Å². The van der Waals surface area contributed by atoms with Gasteiger partial charge in [-0.3, -0.25) is 4.79 Å². The molecule has 0 aliphatic carbocycles. The molecular weight excluding hydrogens is 338 g/mol. The van der Waals surface area contributed by atoms with E-state index in [2.05, 4.69) is 60.3 Å². The lowest BCUT2D eigenvalue weighted by Gasteiger charge is -2.25. The van der Waals surface area contributed by atoms with Gasteiger partial charge in [-0.15, -0.1) is 0 Å². The zero-order valence-corrected chi connectivity index (χ0v) is 16.3. The van der Waals surface area contributed by atoms with Crippen molar-refractivity contribution in [3.05, 3.63) is 65.1 Å². The second-order valence-electron chi connectivity index (χ2n) is 7.62. The van der Waals surface area contributed by atoms with E-state index in [1.54, 1.807) is 16.9 Å². The van der Waals surface area contributed by atoms with E-state index in [0.29, 0.717) is 30.6 Å². The minimum Gasteiger partial charge on any atom is -0.336 e. The molecule has 1 fully saturated rings. The Morgan fingerprint density at radius 2 is 1.85 bits per heavy atom. The van der Waals surface area contributed by atoms with Crippen LogP contribution in [0.15, 0.2) is 42.7 Å². The highest BCUT2D eigenvalue weighted by Crippen LogP contribution is 2.31. The molecule has 27 heavy (non-hydrogen) atoms. The third-order valence-corrected chi connectivity index (χ3v) is 5.63. The number of carbonyl (C=O) groups is 1. The molecule has 1 aliphatic heterocycles. The molecule has 1 saturated heterocycles. The lowest BCUT2D eigenvalue weighted by atomic mass is 9.93. The average molecular weight is 363 g/mol. The SMILES string of the molecule is Cc1ccc([C@@H]2CN(C(=O)c3cnc4ccnn4c3C)C[C@H]2N(C)C)cc1. The van der Waals surface area contributed by atoms with Crippen LogP contribution in [0.25, 0.3) is 5.65 Å². The van der Waals surface area contributed by atoms with Crippen LogP contribution >= 0.6 is 0 Å². The Labute approximate surface area is 159 Å². The van der Waals surface area contributed by atoms with Crippen LogP contribution in [0.5, 0.6) is 0 Å². The lowest BCUT2D eigenvalue weighted by molar-refractivity contribution is 0.0780. The topological polar surface area (TPSA) is 53.7 Å². The lowest BCUT2D eigenvalue weighted by Crippen LogP contribution is -2.36. The molecule has 2 atom stereocenters. The number of fused-ring (bicyclic) bond motifs is 1. The van der Waals surface area contributed by atoms with Crippen LogP contribution in [-0.2, 0) is 0 Å². The first-order valence-corrected chi connectivity index (χ1v) is 9.27. The van der Waals surface area contributed by atoms with Crippen molar-refractivity contribution in [3.63, 3.8) is 0 Å². The number of benzene rings is 1. The number of hydrogen-bond acceptors (Lipinski definition) is 4. The molecule has 0 saturated carbocycles. The number of likely N-dealkylation sites (tertiary alicyclic amines) is 1. The molecule has 2 aromatic heterocycles. The Balaban J connectivity index is 1.64. The number of nitrogens with zero attached hydrogens (tertiary/aromatic N) is 5. The maximum absolute atomic E-state index is 13.3. The predicted octanol–water partition coefficient (Wildman–Crippen LogP) is 2.52. The van der Waals surface area contributed by atoms with Gasteiger partial charge >= 0.3 is 0 Å². The van der Waals surface area contributed by atoms with Crippen molar-refractivity contribution < 1.29 is 4.79 Å². The van der Waals surface area contributed by atoms with Crippen molar-refractivity contribution in [2.45, 2.75) is 25.8 Å². The Morgan fingerprint density at radius 1 is 1.11 bits per heavy atom. The highest BCUT2D eigenvalue weighted by atomic mass is 16.2. The molecule has 0 spiro atoms. The van der Waals surface area contributed by atoms with E-state index < -0.39 is 0 Å². The summed E-state index contributed by atoms with van der Waals surface area (Å²) < 4.78 is 1.73. The Bertz CT molecular complexity index is 976. The highest BCUT2D eigenvalue weighted by Gasteiger charge is 2.38. The van der Waals surface area contributed by atoms with Gasteiger partial charge in [-0.1, -0.05) is 29.8 Å². The van der Waals surface area contributed by atoms with Crippen LogP contribution in [0.3, 0.4) is 0 Å². The fraction of sp³-hybridized carbons (Fsp3) is 0.381. The Kier molecular flexibility index (Phi) is 4.44. The first kappa shape index (κ1) is 17.7. The van der Waals surface area contributed by atoms with Gasteiger partial charge in [0.05, 0.1) is 17.5 Å². The number of aryl methyl sites for hydroxylation is 2. The highest BCUT2D eigenvalue weighted by molar-refractivity contribution is 5.95. The number of likely N-dealkylation sites (N-methyl/N-ethyl adjacent to an activating group) is 1. The molecule has 0 unspecified atom stereocenters. The third-order valence-electron chi connectivity index (χ3n) is 5.63. The van der Waals surface area contributed by atoms with Crippen LogP contribution in [0.4, 0.5) is 0 Å². The van der Waals surface area contributed by atoms with Crippen molar-refractivity contribution in [2.24, 2.45) is 0 Å². The van der Waals surface area contributed by atoms with Crippen LogP contribution in [0.2, 0.25) is 0 Å². The summed E-state index contributed by atoms with van der Waals surface area (Å²) in [4.78, 5) is 21.8. The largest absolute Gasteiger partial charge is 0.336 e. The van der Waals surface area contributed by atoms with Gasteiger partial charge in [0.1, 0.15) is 0 Å². The summed E-state index contributed by atoms with van der Waals surface area (Å²) in [5, 5.41) is 4.28. The predicted molar refractivity (Wildman–Crippen MR) is 105 cm³/mol. The van der Waals surface area contributed by atoms with Crippen molar-refractivity contribution in [2.75, 3.05) is 27.2 Å². The quantitative estimate of drug-likeness (QED) is 0.718. The maximum atomic E-state index is 13.3. The number of carbonyl (C=O) groups excluding carboxylic acids is 1. The summed E-state index contributed by atoms with van der Waals surface area (Å²) in [6.45, 7) is 5.44. The molecule has 140 valence electrons. The van der Waals surface area contributed by atoms with Crippen LogP contribution < -0.4 is 0 Å². The minimum atomic E-state index is 0.0267. The van der Waals surface area contributed by atoms with Gasteiger partial charge in [-0.2, -0.15) is 5.10 Å². The summed E-state index contributed by atoms with van der Waals surface area (Å²) in [5.41, 5.74) is 4.74. The minimum absolute atomic E-state index is 0.0267. The fourth-order valence-corrected chi connectivity index (χ4v) is 3.99. The standard InChI is InChI=1S/C21H25N5O/c1-14-5-7-16(8-6-14)18-12-25(13-19(18)24(3)4)21(27)17-11-22-20-9-10-23-26(20)15(17)2/h5-11,18-19H,12-13H2,1-4H3/t18-,19+/m0/s1. The van der Waals surface area contributed by atoms with E-state index in [9.17, 15) is 4.79 Å². The molecule has 0 radical (unpaired) electrons. The number of rotatable bonds is 3.